The van der Waals surface area contributed by atoms with Gasteiger partial charge in [-0.25, -0.2) is 0 Å². The van der Waals surface area contributed by atoms with Gasteiger partial charge >= 0.3 is 0 Å². The van der Waals surface area contributed by atoms with Gasteiger partial charge in [0, 0.05) is 18.6 Å². The van der Waals surface area contributed by atoms with Gasteiger partial charge in [0.1, 0.15) is 0 Å². The molecule has 0 bridgehead atoms. The van der Waals surface area contributed by atoms with E-state index in [0.717, 1.165) is 6.54 Å². The van der Waals surface area contributed by atoms with Crippen molar-refractivity contribution in [2.45, 2.75) is 45.1 Å². The van der Waals surface area contributed by atoms with Gasteiger partial charge in [-0.3, -0.25) is 4.90 Å². The Morgan fingerprint density at radius 1 is 1.47 bits per heavy atom. The average molecular weight is 210 g/mol. The van der Waals surface area contributed by atoms with Crippen molar-refractivity contribution in [3.63, 3.8) is 0 Å². The highest BCUT2D eigenvalue weighted by atomic mass is 15.2. The first-order chi connectivity index (χ1) is 7.26. The Balaban J connectivity index is 2.49. The second kappa shape index (κ2) is 6.29. The van der Waals surface area contributed by atoms with Crippen LogP contribution in [-0.4, -0.2) is 36.6 Å². The maximum Gasteiger partial charge on any atom is 0.0306 e. The molecule has 2 heteroatoms. The van der Waals surface area contributed by atoms with Gasteiger partial charge in [0.05, 0.1) is 0 Å². The molecule has 1 aliphatic heterocycles. The number of rotatable bonds is 7. The molecule has 0 amide bonds. The van der Waals surface area contributed by atoms with Crippen LogP contribution in [-0.2, 0) is 0 Å². The normalized spacial score (nSPS) is 26.1. The molecule has 1 atom stereocenters. The van der Waals surface area contributed by atoms with Crippen molar-refractivity contribution in [3.8, 4) is 0 Å². The third-order valence-electron chi connectivity index (χ3n) is 3.46. The Labute approximate surface area is 94.7 Å². The minimum Gasteiger partial charge on any atom is -0.310 e. The maximum atomic E-state index is 3.84. The van der Waals surface area contributed by atoms with Gasteiger partial charge in [-0.2, -0.15) is 0 Å². The lowest BCUT2D eigenvalue weighted by Crippen LogP contribution is -2.49. The van der Waals surface area contributed by atoms with E-state index in [2.05, 4.69) is 30.6 Å². The summed E-state index contributed by atoms with van der Waals surface area (Å²) in [4.78, 5) is 2.52. The van der Waals surface area contributed by atoms with Gasteiger partial charge in [0.2, 0.25) is 0 Å². The van der Waals surface area contributed by atoms with E-state index in [1.165, 1.54) is 45.3 Å². The summed E-state index contributed by atoms with van der Waals surface area (Å²) in [6.07, 6.45) is 7.16. The smallest absolute Gasteiger partial charge is 0.0306 e. The fraction of sp³-hybridized carbons (Fsp3) is 0.846. The quantitative estimate of drug-likeness (QED) is 0.649. The lowest BCUT2D eigenvalue weighted by Gasteiger charge is -2.34. The Hall–Kier alpha value is -0.340. The molecule has 0 radical (unpaired) electrons. The summed E-state index contributed by atoms with van der Waals surface area (Å²) in [5.41, 5.74) is 0.387. The highest BCUT2D eigenvalue weighted by Crippen LogP contribution is 2.24. The van der Waals surface area contributed by atoms with Crippen LogP contribution in [0, 0.1) is 0 Å². The zero-order valence-electron chi connectivity index (χ0n) is 10.4. The highest BCUT2D eigenvalue weighted by molar-refractivity contribution is 4.95. The van der Waals surface area contributed by atoms with E-state index in [4.69, 9.17) is 0 Å². The molecule has 0 saturated carbocycles. The second-order valence-corrected chi connectivity index (χ2v) is 4.69. The molecule has 1 fully saturated rings. The first-order valence-corrected chi connectivity index (χ1v) is 6.34. The SMILES string of the molecule is C=CCN(CCC)CC1(CC)CCCN1. The number of nitrogens with zero attached hydrogens (tertiary/aromatic N) is 1. The van der Waals surface area contributed by atoms with Crippen molar-refractivity contribution >= 4 is 0 Å². The molecule has 0 aromatic heterocycles. The fourth-order valence-corrected chi connectivity index (χ4v) is 2.58. The third kappa shape index (κ3) is 3.62. The van der Waals surface area contributed by atoms with E-state index in [9.17, 15) is 0 Å². The van der Waals surface area contributed by atoms with Crippen molar-refractivity contribution in [3.05, 3.63) is 12.7 Å². The van der Waals surface area contributed by atoms with Crippen LogP contribution in [0.3, 0.4) is 0 Å². The van der Waals surface area contributed by atoms with Gasteiger partial charge in [-0.05, 0) is 38.8 Å². The van der Waals surface area contributed by atoms with E-state index in [-0.39, 0.29) is 0 Å². The summed E-state index contributed by atoms with van der Waals surface area (Å²) in [5.74, 6) is 0. The van der Waals surface area contributed by atoms with Crippen LogP contribution in [0.4, 0.5) is 0 Å². The molecule has 15 heavy (non-hydrogen) atoms. The number of nitrogens with one attached hydrogen (secondary N) is 1. The van der Waals surface area contributed by atoms with Crippen molar-refractivity contribution in [1.82, 2.24) is 10.2 Å². The Bertz CT molecular complexity index is 183. The summed E-state index contributed by atoms with van der Waals surface area (Å²) >= 11 is 0. The molecule has 2 nitrogen and oxygen atoms in total. The topological polar surface area (TPSA) is 15.3 Å². The van der Waals surface area contributed by atoms with Crippen LogP contribution >= 0.6 is 0 Å². The molecule has 0 aromatic rings. The average Bonchev–Trinajstić information content (AvgIpc) is 2.68. The first kappa shape index (κ1) is 12.7. The van der Waals surface area contributed by atoms with E-state index < -0.39 is 0 Å². The minimum atomic E-state index is 0.387. The van der Waals surface area contributed by atoms with Crippen LogP contribution in [0.25, 0.3) is 0 Å². The molecule has 1 saturated heterocycles. The zero-order valence-corrected chi connectivity index (χ0v) is 10.4. The van der Waals surface area contributed by atoms with Gasteiger partial charge in [-0.15, -0.1) is 6.58 Å². The molecule has 0 spiro atoms. The van der Waals surface area contributed by atoms with E-state index in [1.54, 1.807) is 0 Å². The van der Waals surface area contributed by atoms with Crippen molar-refractivity contribution in [1.29, 1.82) is 0 Å². The largest absolute Gasteiger partial charge is 0.310 e. The van der Waals surface area contributed by atoms with E-state index >= 15 is 0 Å². The monoisotopic (exact) mass is 210 g/mol. The molecular formula is C13H26N2. The Morgan fingerprint density at radius 2 is 2.27 bits per heavy atom. The molecule has 1 heterocycles. The third-order valence-corrected chi connectivity index (χ3v) is 3.46. The van der Waals surface area contributed by atoms with E-state index in [1.807, 2.05) is 6.08 Å². The highest BCUT2D eigenvalue weighted by Gasteiger charge is 2.32. The number of hydrogen-bond donors (Lipinski definition) is 1. The van der Waals surface area contributed by atoms with Gasteiger partial charge < -0.3 is 5.32 Å². The molecule has 1 aliphatic rings. The summed E-state index contributed by atoms with van der Waals surface area (Å²) < 4.78 is 0. The minimum absolute atomic E-state index is 0.387. The molecule has 0 aromatic carbocycles. The molecule has 1 N–H and O–H groups in total. The van der Waals surface area contributed by atoms with Crippen molar-refractivity contribution in [2.24, 2.45) is 0 Å². The Kier molecular flexibility index (Phi) is 5.34. The molecule has 0 aliphatic carbocycles. The lowest BCUT2D eigenvalue weighted by atomic mass is 9.93. The first-order valence-electron chi connectivity index (χ1n) is 6.34. The van der Waals surface area contributed by atoms with Crippen molar-refractivity contribution in [2.75, 3.05) is 26.2 Å². The predicted molar refractivity (Wildman–Crippen MR) is 67.2 cm³/mol. The predicted octanol–water partition coefficient (Wildman–Crippen LogP) is 2.42. The molecular weight excluding hydrogens is 184 g/mol. The van der Waals surface area contributed by atoms with Gasteiger partial charge in [0.15, 0.2) is 0 Å². The standard InChI is InChI=1S/C13H26N2/c1-4-10-15(11-5-2)12-13(6-3)8-7-9-14-13/h4,14H,1,5-12H2,2-3H3. The van der Waals surface area contributed by atoms with Crippen LogP contribution in [0.15, 0.2) is 12.7 Å². The van der Waals surface area contributed by atoms with Gasteiger partial charge in [-0.1, -0.05) is 19.9 Å². The zero-order chi connectivity index (χ0) is 11.1. The Morgan fingerprint density at radius 3 is 2.73 bits per heavy atom. The molecule has 1 unspecified atom stereocenters. The molecule has 88 valence electrons. The molecule has 1 rings (SSSR count). The van der Waals surface area contributed by atoms with Gasteiger partial charge in [0.25, 0.3) is 0 Å². The maximum absolute atomic E-state index is 3.84. The summed E-state index contributed by atoms with van der Waals surface area (Å²) in [5, 5.41) is 3.69. The van der Waals surface area contributed by atoms with E-state index in [0.29, 0.717) is 5.54 Å². The van der Waals surface area contributed by atoms with Crippen LogP contribution < -0.4 is 5.32 Å². The second-order valence-electron chi connectivity index (χ2n) is 4.69. The number of hydrogen-bond acceptors (Lipinski definition) is 2. The summed E-state index contributed by atoms with van der Waals surface area (Å²) in [6.45, 7) is 13.0. The van der Waals surface area contributed by atoms with Crippen LogP contribution in [0.1, 0.15) is 39.5 Å². The summed E-state index contributed by atoms with van der Waals surface area (Å²) in [6, 6.07) is 0. The lowest BCUT2D eigenvalue weighted by molar-refractivity contribution is 0.203. The van der Waals surface area contributed by atoms with Crippen molar-refractivity contribution < 1.29 is 0 Å². The van der Waals surface area contributed by atoms with Crippen LogP contribution in [0.5, 0.6) is 0 Å². The van der Waals surface area contributed by atoms with Crippen LogP contribution in [0.2, 0.25) is 0 Å². The fourth-order valence-electron chi connectivity index (χ4n) is 2.58. The summed E-state index contributed by atoms with van der Waals surface area (Å²) in [7, 11) is 0.